The van der Waals surface area contributed by atoms with E-state index in [9.17, 15) is 9.00 Å². The highest BCUT2D eigenvalue weighted by Gasteiger charge is 2.32. The first-order valence-corrected chi connectivity index (χ1v) is 13.7. The van der Waals surface area contributed by atoms with Crippen molar-refractivity contribution in [3.63, 3.8) is 0 Å². The maximum Gasteiger partial charge on any atom is 0.353 e. The van der Waals surface area contributed by atoms with Gasteiger partial charge in [-0.05, 0) is 98.7 Å². The van der Waals surface area contributed by atoms with E-state index in [1.165, 1.54) is 51.3 Å². The van der Waals surface area contributed by atoms with Gasteiger partial charge in [-0.15, -0.1) is 15.7 Å². The summed E-state index contributed by atoms with van der Waals surface area (Å²) in [6.07, 6.45) is 10.5. The molecule has 2 amide bonds. The maximum atomic E-state index is 13.3. The van der Waals surface area contributed by atoms with Crippen LogP contribution >= 0.6 is 11.3 Å². The van der Waals surface area contributed by atoms with Gasteiger partial charge in [-0.2, -0.15) is 0 Å². The number of urea groups is 1. The van der Waals surface area contributed by atoms with Crippen LogP contribution in [0.5, 0.6) is 0 Å². The Morgan fingerprint density at radius 2 is 1.80 bits per heavy atom. The summed E-state index contributed by atoms with van der Waals surface area (Å²) in [4.78, 5) is 14.0. The summed E-state index contributed by atoms with van der Waals surface area (Å²) in [7, 11) is -0.808. The molecule has 5 rings (SSSR count). The second-order valence-electron chi connectivity index (χ2n) is 8.82. The van der Waals surface area contributed by atoms with Crippen LogP contribution in [0.3, 0.4) is 0 Å². The zero-order valence-corrected chi connectivity index (χ0v) is 19.3. The lowest BCUT2D eigenvalue weighted by Gasteiger charge is -2.15. The van der Waals surface area contributed by atoms with Crippen LogP contribution < -0.4 is 10.6 Å². The molecule has 160 valence electrons. The summed E-state index contributed by atoms with van der Waals surface area (Å²) in [5.41, 5.74) is 6.22. The number of benzene rings is 1. The minimum atomic E-state index is -2.78. The van der Waals surface area contributed by atoms with Gasteiger partial charge in [0, 0.05) is 22.9 Å². The third-order valence-electron chi connectivity index (χ3n) is 6.65. The molecule has 0 radical (unpaired) electrons. The van der Waals surface area contributed by atoms with Crippen molar-refractivity contribution in [1.29, 1.82) is 0 Å². The molecule has 0 bridgehead atoms. The number of hydrogen-bond donors (Lipinski definition) is 2. The lowest BCUT2D eigenvalue weighted by Crippen LogP contribution is -2.16. The molecule has 0 saturated heterocycles. The number of nitrogens with one attached hydrogen (secondary N) is 2. The van der Waals surface area contributed by atoms with E-state index in [-0.39, 0.29) is 0 Å². The van der Waals surface area contributed by atoms with E-state index in [0.717, 1.165) is 44.2 Å². The first kappa shape index (κ1) is 20.2. The summed E-state index contributed by atoms with van der Waals surface area (Å²) >= 11 is 1.52. The van der Waals surface area contributed by atoms with Crippen LogP contribution in [-0.2, 0) is 35.4 Å². The third-order valence-corrected chi connectivity index (χ3v) is 10.2. The molecule has 1 aromatic heterocycles. The number of hydrogen-bond acceptors (Lipinski definition) is 4. The van der Waals surface area contributed by atoms with Gasteiger partial charge in [0.2, 0.25) is 0 Å². The van der Waals surface area contributed by atoms with Gasteiger partial charge in [-0.25, -0.2) is 9.00 Å². The summed E-state index contributed by atoms with van der Waals surface area (Å²) < 4.78 is 18.2. The Hall–Kier alpha value is -1.70. The molecular weight excluding hydrogens is 414 g/mol. The van der Waals surface area contributed by atoms with E-state index in [4.69, 9.17) is 0 Å². The number of fused-ring (bicyclic) bond motifs is 2. The molecule has 1 aromatic carbocycles. The molecule has 1 heterocycles. The van der Waals surface area contributed by atoms with E-state index in [0.29, 0.717) is 16.2 Å². The van der Waals surface area contributed by atoms with Gasteiger partial charge in [-0.1, -0.05) is 6.07 Å². The molecule has 2 aromatic rings. The normalized spacial score (nSPS) is 20.3. The van der Waals surface area contributed by atoms with Crippen LogP contribution in [0.1, 0.15) is 58.9 Å². The van der Waals surface area contributed by atoms with E-state index >= 15 is 0 Å². The molecule has 7 heteroatoms. The maximum absolute atomic E-state index is 13.3. The number of thiophene rings is 1. The Labute approximate surface area is 182 Å². The Bertz CT molecular complexity index is 1090. The van der Waals surface area contributed by atoms with Crippen molar-refractivity contribution in [3.05, 3.63) is 45.3 Å². The second-order valence-corrected chi connectivity index (χ2v) is 12.4. The van der Waals surface area contributed by atoms with Crippen molar-refractivity contribution in [2.75, 3.05) is 18.6 Å². The van der Waals surface area contributed by atoms with Gasteiger partial charge in [0.1, 0.15) is 4.21 Å². The van der Waals surface area contributed by atoms with Gasteiger partial charge in [0.25, 0.3) is 0 Å². The molecule has 1 fully saturated rings. The fourth-order valence-corrected chi connectivity index (χ4v) is 7.78. The predicted octanol–water partition coefficient (Wildman–Crippen LogP) is 5.08. The quantitative estimate of drug-likeness (QED) is 0.677. The van der Waals surface area contributed by atoms with Crippen LogP contribution in [-0.4, -0.2) is 23.5 Å². The number of carbonyl (C=O) groups excluding carboxylic acids is 1. The van der Waals surface area contributed by atoms with Crippen molar-refractivity contribution in [2.45, 2.75) is 61.6 Å². The molecule has 30 heavy (non-hydrogen) atoms. The zero-order valence-electron chi connectivity index (χ0n) is 17.6. The Kier molecular flexibility index (Phi) is 5.24. The molecule has 0 aliphatic heterocycles. The van der Waals surface area contributed by atoms with E-state index in [1.807, 2.05) is 19.2 Å². The molecule has 1 saturated carbocycles. The lowest BCUT2D eigenvalue weighted by atomic mass is 9.99. The minimum absolute atomic E-state index is 0.308. The third kappa shape index (κ3) is 3.72. The largest absolute Gasteiger partial charge is 0.353 e. The Morgan fingerprint density at radius 1 is 1.13 bits per heavy atom. The molecule has 3 aliphatic carbocycles. The SMILES string of the molecule is CNC(c1ccc(S(C)(=O)=NC(=O)Nc2c3c(cc4c2CCC4)CCC3)s1)C1CC1. The van der Waals surface area contributed by atoms with E-state index < -0.39 is 15.8 Å². The topological polar surface area (TPSA) is 70.6 Å². The molecule has 3 aliphatic rings. The van der Waals surface area contributed by atoms with Gasteiger partial charge in [-0.3, -0.25) is 0 Å². The standard InChI is InChI=1S/C23H29N3O2S2/c1-24-21(14-9-10-14)19-11-12-20(29-19)30(2,28)26-23(27)25-22-17-7-3-5-15(17)13-16-6-4-8-18(16)22/h11-14,21,24H,3-10H2,1-2H3,(H,25,27). The number of aryl methyl sites for hydroxylation is 2. The number of nitrogens with zero attached hydrogens (tertiary/aromatic N) is 1. The van der Waals surface area contributed by atoms with Crippen molar-refractivity contribution in [2.24, 2.45) is 10.3 Å². The van der Waals surface area contributed by atoms with Crippen molar-refractivity contribution < 1.29 is 9.00 Å². The van der Waals surface area contributed by atoms with E-state index in [2.05, 4.69) is 21.1 Å². The number of anilines is 1. The van der Waals surface area contributed by atoms with Gasteiger partial charge in [0.15, 0.2) is 0 Å². The highest BCUT2D eigenvalue weighted by Crippen LogP contribution is 2.43. The predicted molar refractivity (Wildman–Crippen MR) is 123 cm³/mol. The first-order chi connectivity index (χ1) is 14.5. The molecule has 2 N–H and O–H groups in total. The fraction of sp³-hybridized carbons (Fsp3) is 0.522. The van der Waals surface area contributed by atoms with Crippen LogP contribution in [0.2, 0.25) is 0 Å². The van der Waals surface area contributed by atoms with Crippen LogP contribution in [0, 0.1) is 5.92 Å². The van der Waals surface area contributed by atoms with Gasteiger partial charge >= 0.3 is 6.03 Å². The fourth-order valence-electron chi connectivity index (χ4n) is 5.05. The Morgan fingerprint density at radius 3 is 2.40 bits per heavy atom. The smallest absolute Gasteiger partial charge is 0.312 e. The molecule has 2 unspecified atom stereocenters. The second kappa shape index (κ2) is 7.77. The van der Waals surface area contributed by atoms with Crippen LogP contribution in [0.15, 0.2) is 26.8 Å². The molecular formula is C23H29N3O2S2. The summed E-state index contributed by atoms with van der Waals surface area (Å²) in [6, 6.07) is 6.07. The van der Waals surface area contributed by atoms with Crippen molar-refractivity contribution >= 4 is 32.8 Å². The summed E-state index contributed by atoms with van der Waals surface area (Å²) in [5.74, 6) is 0.664. The highest BCUT2D eigenvalue weighted by atomic mass is 32.2. The summed E-state index contributed by atoms with van der Waals surface area (Å²) in [5, 5.41) is 6.42. The van der Waals surface area contributed by atoms with Crippen molar-refractivity contribution in [3.8, 4) is 0 Å². The van der Waals surface area contributed by atoms with Gasteiger partial charge in [0.05, 0.1) is 9.73 Å². The average Bonchev–Trinajstić information content (AvgIpc) is 3.12. The number of rotatable bonds is 5. The van der Waals surface area contributed by atoms with Crippen LogP contribution in [0.4, 0.5) is 10.5 Å². The zero-order chi connectivity index (χ0) is 20.9. The van der Waals surface area contributed by atoms with E-state index in [1.54, 1.807) is 6.26 Å². The first-order valence-electron chi connectivity index (χ1n) is 10.9. The molecule has 5 nitrogen and oxygen atoms in total. The lowest BCUT2D eigenvalue weighted by molar-refractivity contribution is 0.260. The number of carbonyl (C=O) groups is 1. The summed E-state index contributed by atoms with van der Waals surface area (Å²) in [6.45, 7) is 0. The highest BCUT2D eigenvalue weighted by molar-refractivity contribution is 7.95. The Balaban J connectivity index is 1.41. The van der Waals surface area contributed by atoms with Gasteiger partial charge < -0.3 is 10.6 Å². The molecule has 0 spiro atoms. The molecule has 2 atom stereocenters. The minimum Gasteiger partial charge on any atom is -0.312 e. The number of amides is 2. The van der Waals surface area contributed by atoms with Crippen molar-refractivity contribution in [1.82, 2.24) is 5.32 Å². The van der Waals surface area contributed by atoms with Crippen LogP contribution in [0.25, 0.3) is 0 Å². The average molecular weight is 444 g/mol. The monoisotopic (exact) mass is 443 g/mol.